The van der Waals surface area contributed by atoms with E-state index in [1.165, 1.54) is 6.92 Å². The highest BCUT2D eigenvalue weighted by Gasteiger charge is 2.20. The van der Waals surface area contributed by atoms with Crippen molar-refractivity contribution in [3.8, 4) is 0 Å². The Hall–Kier alpha value is -2.04. The molecule has 0 aromatic heterocycles. The van der Waals surface area contributed by atoms with Crippen LogP contribution in [0.25, 0.3) is 0 Å². The van der Waals surface area contributed by atoms with E-state index < -0.39 is 0 Å². The minimum Gasteiger partial charge on any atom is -0.449 e. The van der Waals surface area contributed by atoms with Crippen molar-refractivity contribution in [1.82, 2.24) is 5.32 Å². The molecule has 1 fully saturated rings. The first-order chi connectivity index (χ1) is 8.15. The van der Waals surface area contributed by atoms with Gasteiger partial charge in [-0.15, -0.1) is 0 Å². The van der Waals surface area contributed by atoms with E-state index >= 15 is 0 Å². The number of benzene rings is 1. The first kappa shape index (κ1) is 11.4. The van der Waals surface area contributed by atoms with Crippen molar-refractivity contribution >= 4 is 17.7 Å². The highest BCUT2D eigenvalue weighted by Crippen LogP contribution is 2.21. The van der Waals surface area contributed by atoms with Gasteiger partial charge in [-0.3, -0.25) is 4.79 Å². The lowest BCUT2D eigenvalue weighted by Gasteiger charge is -2.23. The maximum Gasteiger partial charge on any atom is 0.407 e. The summed E-state index contributed by atoms with van der Waals surface area (Å²) < 4.78 is 4.80. The van der Waals surface area contributed by atoms with Crippen LogP contribution >= 0.6 is 0 Å². The lowest BCUT2D eigenvalue weighted by Crippen LogP contribution is -2.35. The van der Waals surface area contributed by atoms with Gasteiger partial charge in [-0.2, -0.15) is 0 Å². The van der Waals surface area contributed by atoms with E-state index in [9.17, 15) is 9.59 Å². The van der Waals surface area contributed by atoms with Crippen LogP contribution in [0.2, 0.25) is 0 Å². The van der Waals surface area contributed by atoms with Crippen LogP contribution in [0.5, 0.6) is 0 Å². The molecule has 0 spiro atoms. The summed E-state index contributed by atoms with van der Waals surface area (Å²) in [4.78, 5) is 21.9. The molecule has 1 aliphatic rings. The Morgan fingerprint density at radius 1 is 1.41 bits per heavy atom. The fourth-order valence-electron chi connectivity index (χ4n) is 1.78. The molecule has 2 N–H and O–H groups in total. The highest BCUT2D eigenvalue weighted by atomic mass is 16.5. The summed E-state index contributed by atoms with van der Waals surface area (Å²) in [6.07, 6.45) is 0.373. The van der Waals surface area contributed by atoms with Gasteiger partial charge in [-0.25, -0.2) is 4.79 Å². The average Bonchev–Trinajstić information content (AvgIpc) is 2.29. The monoisotopic (exact) mass is 234 g/mol. The fourth-order valence-corrected chi connectivity index (χ4v) is 1.78. The smallest absolute Gasteiger partial charge is 0.407 e. The topological polar surface area (TPSA) is 67.4 Å². The molecule has 0 bridgehead atoms. The first-order valence-corrected chi connectivity index (χ1v) is 5.46. The van der Waals surface area contributed by atoms with E-state index in [2.05, 4.69) is 10.6 Å². The number of hydrogen-bond donors (Lipinski definition) is 2. The number of cyclic esters (lactones) is 1. The molecule has 5 nitrogen and oxygen atoms in total. The summed E-state index contributed by atoms with van der Waals surface area (Å²) in [6.45, 7) is 1.90. The van der Waals surface area contributed by atoms with E-state index in [4.69, 9.17) is 4.74 Å². The minimum atomic E-state index is -0.382. The summed E-state index contributed by atoms with van der Waals surface area (Å²) in [5.74, 6) is -0.0999. The third-order valence-corrected chi connectivity index (χ3v) is 2.57. The molecule has 2 amide bonds. The summed E-state index contributed by atoms with van der Waals surface area (Å²) >= 11 is 0. The molecule has 1 heterocycles. The van der Waals surface area contributed by atoms with Gasteiger partial charge in [0, 0.05) is 19.0 Å². The molecule has 1 aliphatic heterocycles. The van der Waals surface area contributed by atoms with Gasteiger partial charge in [0.1, 0.15) is 0 Å². The number of carbonyl (C=O) groups is 2. The van der Waals surface area contributed by atoms with Crippen LogP contribution in [-0.4, -0.2) is 18.6 Å². The molecule has 1 saturated heterocycles. The normalized spacial score (nSPS) is 19.1. The summed E-state index contributed by atoms with van der Waals surface area (Å²) in [5, 5.41) is 5.44. The number of amides is 2. The number of alkyl carbamates (subject to hydrolysis) is 1. The summed E-state index contributed by atoms with van der Waals surface area (Å²) in [6, 6.07) is 7.40. The van der Waals surface area contributed by atoms with Crippen LogP contribution in [0.1, 0.15) is 24.9 Å². The van der Waals surface area contributed by atoms with Crippen molar-refractivity contribution < 1.29 is 14.3 Å². The number of nitrogens with one attached hydrogen (secondary N) is 2. The van der Waals surface area contributed by atoms with Gasteiger partial charge < -0.3 is 15.4 Å². The number of hydrogen-bond acceptors (Lipinski definition) is 3. The molecule has 2 rings (SSSR count). The van der Waals surface area contributed by atoms with Gasteiger partial charge in [0.25, 0.3) is 0 Å². The minimum absolute atomic E-state index is 0.0115. The van der Waals surface area contributed by atoms with Crippen LogP contribution in [0.15, 0.2) is 24.3 Å². The number of carbonyl (C=O) groups excluding carboxylic acids is 2. The van der Waals surface area contributed by atoms with Crippen molar-refractivity contribution in [3.63, 3.8) is 0 Å². The molecule has 5 heteroatoms. The average molecular weight is 234 g/mol. The molecular weight excluding hydrogens is 220 g/mol. The Morgan fingerprint density at radius 2 is 2.12 bits per heavy atom. The zero-order chi connectivity index (χ0) is 12.3. The SMILES string of the molecule is CC(=O)Nc1ccc([C@H]2CCOC(=O)N2)cc1. The first-order valence-electron chi connectivity index (χ1n) is 5.46. The molecule has 1 atom stereocenters. The number of anilines is 1. The van der Waals surface area contributed by atoms with Crippen LogP contribution in [0, 0.1) is 0 Å². The Morgan fingerprint density at radius 3 is 2.71 bits per heavy atom. The molecule has 0 aliphatic carbocycles. The molecule has 1 aromatic carbocycles. The van der Waals surface area contributed by atoms with E-state index in [1.54, 1.807) is 0 Å². The third kappa shape index (κ3) is 2.96. The Labute approximate surface area is 99.2 Å². The molecule has 1 aromatic rings. The summed E-state index contributed by atoms with van der Waals surface area (Å²) in [7, 11) is 0. The second kappa shape index (κ2) is 4.86. The van der Waals surface area contributed by atoms with Crippen molar-refractivity contribution in [2.24, 2.45) is 0 Å². The number of ether oxygens (including phenoxy) is 1. The zero-order valence-corrected chi connectivity index (χ0v) is 9.53. The van der Waals surface area contributed by atoms with Gasteiger partial charge in [-0.1, -0.05) is 12.1 Å². The molecule has 0 unspecified atom stereocenters. The van der Waals surface area contributed by atoms with Gasteiger partial charge in [-0.05, 0) is 17.7 Å². The lowest BCUT2D eigenvalue weighted by molar-refractivity contribution is -0.114. The maximum atomic E-state index is 11.1. The predicted octanol–water partition coefficient (Wildman–Crippen LogP) is 1.82. The fraction of sp³-hybridized carbons (Fsp3) is 0.333. The third-order valence-electron chi connectivity index (χ3n) is 2.57. The van der Waals surface area contributed by atoms with Crippen LogP contribution in [-0.2, 0) is 9.53 Å². The molecule has 90 valence electrons. The largest absolute Gasteiger partial charge is 0.449 e. The Kier molecular flexibility index (Phi) is 3.27. The summed E-state index contributed by atoms with van der Waals surface area (Å²) in [5.41, 5.74) is 1.76. The van der Waals surface area contributed by atoms with Gasteiger partial charge in [0.05, 0.1) is 12.6 Å². The number of rotatable bonds is 2. The van der Waals surface area contributed by atoms with Crippen molar-refractivity contribution in [1.29, 1.82) is 0 Å². The highest BCUT2D eigenvalue weighted by molar-refractivity contribution is 5.88. The molecule has 17 heavy (non-hydrogen) atoms. The Balaban J connectivity index is 2.06. The van der Waals surface area contributed by atoms with Crippen molar-refractivity contribution in [2.45, 2.75) is 19.4 Å². The van der Waals surface area contributed by atoms with Crippen LogP contribution in [0.3, 0.4) is 0 Å². The van der Waals surface area contributed by atoms with E-state index in [1.807, 2.05) is 24.3 Å². The Bertz CT molecular complexity index is 428. The van der Waals surface area contributed by atoms with Crippen LogP contribution in [0.4, 0.5) is 10.5 Å². The molecule has 0 radical (unpaired) electrons. The zero-order valence-electron chi connectivity index (χ0n) is 9.53. The molecule has 0 saturated carbocycles. The maximum absolute atomic E-state index is 11.1. The second-order valence-electron chi connectivity index (χ2n) is 3.92. The lowest BCUT2D eigenvalue weighted by atomic mass is 10.0. The van der Waals surface area contributed by atoms with E-state index in [-0.39, 0.29) is 18.0 Å². The van der Waals surface area contributed by atoms with E-state index in [0.717, 1.165) is 17.7 Å². The predicted molar refractivity (Wildman–Crippen MR) is 62.6 cm³/mol. The van der Waals surface area contributed by atoms with Gasteiger partial charge in [0.15, 0.2) is 0 Å². The van der Waals surface area contributed by atoms with E-state index in [0.29, 0.717) is 6.61 Å². The van der Waals surface area contributed by atoms with Gasteiger partial charge in [0.2, 0.25) is 5.91 Å². The van der Waals surface area contributed by atoms with Crippen molar-refractivity contribution in [3.05, 3.63) is 29.8 Å². The second-order valence-corrected chi connectivity index (χ2v) is 3.92. The quantitative estimate of drug-likeness (QED) is 0.820. The molecular formula is C12H14N2O3. The standard InChI is InChI=1S/C12H14N2O3/c1-8(15)13-10-4-2-9(3-5-10)11-6-7-17-12(16)14-11/h2-5,11H,6-7H2,1H3,(H,13,15)(H,14,16)/t11-/m1/s1. The van der Waals surface area contributed by atoms with Crippen molar-refractivity contribution in [2.75, 3.05) is 11.9 Å². The van der Waals surface area contributed by atoms with Gasteiger partial charge >= 0.3 is 6.09 Å². The van der Waals surface area contributed by atoms with Crippen LogP contribution < -0.4 is 10.6 Å².